The van der Waals surface area contributed by atoms with Gasteiger partial charge in [0.2, 0.25) is 5.88 Å². The summed E-state index contributed by atoms with van der Waals surface area (Å²) in [4.78, 5) is 10.3. The van der Waals surface area contributed by atoms with E-state index in [1.807, 2.05) is 0 Å². The third-order valence-corrected chi connectivity index (χ3v) is 0.950. The van der Waals surface area contributed by atoms with Gasteiger partial charge in [-0.25, -0.2) is 4.79 Å². The van der Waals surface area contributed by atoms with Crippen LogP contribution in [0.1, 0.15) is 5.76 Å². The second-order valence-corrected chi connectivity index (χ2v) is 1.67. The summed E-state index contributed by atoms with van der Waals surface area (Å²) in [5.74, 6) is -0.594. The Kier molecular flexibility index (Phi) is 1.77. The number of nitrogen functional groups attached to an aromatic ring is 1. The van der Waals surface area contributed by atoms with Gasteiger partial charge in [0, 0.05) is 7.11 Å². The molecule has 0 aliphatic carbocycles. The molecule has 1 heterocycles. The molecule has 0 spiro atoms. The lowest BCUT2D eigenvalue weighted by molar-refractivity contribution is 0.162. The second kappa shape index (κ2) is 2.57. The van der Waals surface area contributed by atoms with E-state index < -0.39 is 5.82 Å². The van der Waals surface area contributed by atoms with Gasteiger partial charge in [-0.1, -0.05) is 0 Å². The number of hydrogen-bond donors (Lipinski definition) is 1. The Morgan fingerprint density at radius 2 is 2.30 bits per heavy atom. The maximum Gasteiger partial charge on any atom is 0.520 e. The Balaban J connectivity index is 2.92. The summed E-state index contributed by atoms with van der Waals surface area (Å²) in [5, 5.41) is 0. The van der Waals surface area contributed by atoms with E-state index >= 15 is 0 Å². The molecule has 0 aliphatic heterocycles. The first-order valence-electron chi connectivity index (χ1n) is 2.61. The SMILES string of the molecule is COCc1oc(=O)oc1N. The van der Waals surface area contributed by atoms with Crippen LogP contribution in [-0.4, -0.2) is 7.11 Å². The first kappa shape index (κ1) is 6.88. The van der Waals surface area contributed by atoms with Crippen molar-refractivity contribution in [2.75, 3.05) is 12.8 Å². The van der Waals surface area contributed by atoms with Crippen molar-refractivity contribution in [1.82, 2.24) is 0 Å². The van der Waals surface area contributed by atoms with Crippen LogP contribution in [0.4, 0.5) is 5.88 Å². The molecular weight excluding hydrogens is 138 g/mol. The summed E-state index contributed by atoms with van der Waals surface area (Å²) in [6, 6.07) is 0. The van der Waals surface area contributed by atoms with Gasteiger partial charge in [-0.3, -0.25) is 0 Å². The van der Waals surface area contributed by atoms with Crippen molar-refractivity contribution in [3.05, 3.63) is 16.4 Å². The number of hydrogen-bond acceptors (Lipinski definition) is 5. The third-order valence-electron chi connectivity index (χ3n) is 0.950. The topological polar surface area (TPSA) is 78.6 Å². The Morgan fingerprint density at radius 1 is 1.60 bits per heavy atom. The van der Waals surface area contributed by atoms with Gasteiger partial charge in [-0.2, -0.15) is 0 Å². The monoisotopic (exact) mass is 145 g/mol. The summed E-state index contributed by atoms with van der Waals surface area (Å²) in [6.45, 7) is 0.150. The predicted molar refractivity (Wildman–Crippen MR) is 32.4 cm³/mol. The molecule has 1 aromatic heterocycles. The van der Waals surface area contributed by atoms with Crippen LogP contribution in [0.5, 0.6) is 0 Å². The number of nitrogens with two attached hydrogens (primary N) is 1. The zero-order chi connectivity index (χ0) is 7.56. The van der Waals surface area contributed by atoms with Gasteiger partial charge >= 0.3 is 5.82 Å². The first-order chi connectivity index (χ1) is 4.74. The predicted octanol–water partition coefficient (Wildman–Crippen LogP) is -0.0386. The maximum absolute atomic E-state index is 10.3. The van der Waals surface area contributed by atoms with Crippen molar-refractivity contribution in [3.8, 4) is 0 Å². The zero-order valence-electron chi connectivity index (χ0n) is 5.42. The van der Waals surface area contributed by atoms with Gasteiger partial charge in [0.25, 0.3) is 0 Å². The molecule has 56 valence electrons. The van der Waals surface area contributed by atoms with Crippen molar-refractivity contribution in [2.24, 2.45) is 0 Å². The minimum atomic E-state index is -0.801. The number of methoxy groups -OCH3 is 1. The van der Waals surface area contributed by atoms with Crippen LogP contribution in [0.3, 0.4) is 0 Å². The van der Waals surface area contributed by atoms with E-state index in [1.165, 1.54) is 7.11 Å². The van der Waals surface area contributed by atoms with E-state index in [4.69, 9.17) is 5.73 Å². The zero-order valence-corrected chi connectivity index (χ0v) is 5.42. The van der Waals surface area contributed by atoms with Gasteiger partial charge < -0.3 is 19.3 Å². The molecule has 0 bridgehead atoms. The normalized spacial score (nSPS) is 10.1. The van der Waals surface area contributed by atoms with Gasteiger partial charge in [0.05, 0.1) is 0 Å². The van der Waals surface area contributed by atoms with Crippen molar-refractivity contribution in [1.29, 1.82) is 0 Å². The summed E-state index contributed by atoms with van der Waals surface area (Å²) in [5.41, 5.74) is 5.19. The van der Waals surface area contributed by atoms with Crippen LogP contribution in [0.25, 0.3) is 0 Å². The minimum absolute atomic E-state index is 0.0214. The Morgan fingerprint density at radius 3 is 2.70 bits per heavy atom. The molecule has 0 aliphatic rings. The second-order valence-electron chi connectivity index (χ2n) is 1.67. The highest BCUT2D eigenvalue weighted by Crippen LogP contribution is 2.08. The van der Waals surface area contributed by atoms with Crippen LogP contribution in [-0.2, 0) is 11.3 Å². The summed E-state index contributed by atoms with van der Waals surface area (Å²) in [6.07, 6.45) is 0. The largest absolute Gasteiger partial charge is 0.520 e. The third kappa shape index (κ3) is 1.19. The fourth-order valence-corrected chi connectivity index (χ4v) is 0.550. The molecule has 1 rings (SSSR count). The summed E-state index contributed by atoms with van der Waals surface area (Å²) >= 11 is 0. The molecule has 0 saturated carbocycles. The molecule has 2 N–H and O–H groups in total. The molecule has 5 nitrogen and oxygen atoms in total. The minimum Gasteiger partial charge on any atom is -0.391 e. The number of rotatable bonds is 2. The Hall–Kier alpha value is -1.23. The standard InChI is InChI=1S/C5H7NO4/c1-8-2-3-4(6)10-5(7)9-3/h2,6H2,1H3. The van der Waals surface area contributed by atoms with Gasteiger partial charge in [-0.15, -0.1) is 0 Å². The van der Waals surface area contributed by atoms with Crippen LogP contribution in [0, 0.1) is 0 Å². The highest BCUT2D eigenvalue weighted by molar-refractivity contribution is 5.25. The molecular formula is C5H7NO4. The fourth-order valence-electron chi connectivity index (χ4n) is 0.550. The lowest BCUT2D eigenvalue weighted by Gasteiger charge is -1.89. The smallest absolute Gasteiger partial charge is 0.391 e. The Bertz CT molecular complexity index is 261. The van der Waals surface area contributed by atoms with E-state index in [1.54, 1.807) is 0 Å². The van der Waals surface area contributed by atoms with Crippen LogP contribution in [0.2, 0.25) is 0 Å². The highest BCUT2D eigenvalue weighted by atomic mass is 16.6. The fraction of sp³-hybridized carbons (Fsp3) is 0.400. The maximum atomic E-state index is 10.3. The van der Waals surface area contributed by atoms with Crippen molar-refractivity contribution in [3.63, 3.8) is 0 Å². The van der Waals surface area contributed by atoms with Crippen molar-refractivity contribution < 1.29 is 13.6 Å². The van der Waals surface area contributed by atoms with Crippen molar-refractivity contribution in [2.45, 2.75) is 6.61 Å². The number of anilines is 1. The van der Waals surface area contributed by atoms with E-state index in [-0.39, 0.29) is 18.3 Å². The molecule has 5 heteroatoms. The molecule has 0 fully saturated rings. The molecule has 1 aromatic rings. The van der Waals surface area contributed by atoms with Crippen molar-refractivity contribution >= 4 is 5.88 Å². The van der Waals surface area contributed by atoms with Crippen LogP contribution in [0.15, 0.2) is 13.6 Å². The van der Waals surface area contributed by atoms with Crippen LogP contribution < -0.4 is 11.6 Å². The summed E-state index contributed by atoms with van der Waals surface area (Å²) < 4.78 is 13.5. The summed E-state index contributed by atoms with van der Waals surface area (Å²) in [7, 11) is 1.46. The molecule has 0 amide bonds. The lowest BCUT2D eigenvalue weighted by atomic mass is 10.5. The lowest BCUT2D eigenvalue weighted by Crippen LogP contribution is -1.90. The van der Waals surface area contributed by atoms with E-state index in [9.17, 15) is 4.79 Å². The van der Waals surface area contributed by atoms with E-state index in [0.717, 1.165) is 0 Å². The highest BCUT2D eigenvalue weighted by Gasteiger charge is 2.07. The molecule has 0 radical (unpaired) electrons. The van der Waals surface area contributed by atoms with Crippen LogP contribution >= 0.6 is 0 Å². The molecule has 0 atom stereocenters. The molecule has 0 saturated heterocycles. The average molecular weight is 145 g/mol. The first-order valence-corrected chi connectivity index (χ1v) is 2.61. The molecule has 0 aromatic carbocycles. The van der Waals surface area contributed by atoms with Gasteiger partial charge in [0.1, 0.15) is 6.61 Å². The quantitative estimate of drug-likeness (QED) is 0.631. The molecule has 0 unspecified atom stereocenters. The van der Waals surface area contributed by atoms with E-state index in [0.29, 0.717) is 0 Å². The van der Waals surface area contributed by atoms with Gasteiger partial charge in [0.15, 0.2) is 5.76 Å². The van der Waals surface area contributed by atoms with E-state index in [2.05, 4.69) is 13.6 Å². The average Bonchev–Trinajstić information content (AvgIpc) is 2.13. The Labute approximate surface area is 56.4 Å². The molecule has 10 heavy (non-hydrogen) atoms. The number of ether oxygens (including phenoxy) is 1. The van der Waals surface area contributed by atoms with Gasteiger partial charge in [-0.05, 0) is 0 Å².